The number of ether oxygens (including phenoxy) is 1. The first-order chi connectivity index (χ1) is 16.8. The maximum atomic E-state index is 13.4. The van der Waals surface area contributed by atoms with E-state index in [1.54, 1.807) is 48.5 Å². The van der Waals surface area contributed by atoms with E-state index < -0.39 is 23.5 Å². The lowest BCUT2D eigenvalue weighted by Crippen LogP contribution is -2.35. The molecule has 0 aliphatic carbocycles. The molecule has 3 amide bonds. The molecule has 0 unspecified atom stereocenters. The molecule has 0 aromatic heterocycles. The number of rotatable bonds is 7. The van der Waals surface area contributed by atoms with Crippen LogP contribution in [0.5, 0.6) is 5.75 Å². The summed E-state index contributed by atoms with van der Waals surface area (Å²) < 4.78 is 19.1. The maximum absolute atomic E-state index is 13.4. The molecular formula is C26H23FN4O4. The molecule has 0 saturated carbocycles. The zero-order valence-corrected chi connectivity index (χ0v) is 19.1. The van der Waals surface area contributed by atoms with E-state index in [2.05, 4.69) is 10.7 Å². The summed E-state index contributed by atoms with van der Waals surface area (Å²) in [6.45, 7) is -0.361. The highest BCUT2D eigenvalue weighted by molar-refractivity contribution is 6.31. The second kappa shape index (κ2) is 10.1. The van der Waals surface area contributed by atoms with Gasteiger partial charge in [0, 0.05) is 37.1 Å². The van der Waals surface area contributed by atoms with Gasteiger partial charge in [-0.25, -0.2) is 9.40 Å². The maximum Gasteiger partial charge on any atom is 0.282 e. The van der Waals surface area contributed by atoms with Crippen LogP contribution in [0.2, 0.25) is 0 Å². The summed E-state index contributed by atoms with van der Waals surface area (Å²) in [5.41, 5.74) is 4.56. The molecule has 178 valence electrons. The van der Waals surface area contributed by atoms with E-state index in [0.29, 0.717) is 22.7 Å². The van der Waals surface area contributed by atoms with Crippen LogP contribution in [0.15, 0.2) is 78.4 Å². The molecule has 9 heteroatoms. The Balaban J connectivity index is 1.57. The zero-order valence-electron chi connectivity index (χ0n) is 19.1. The lowest BCUT2D eigenvalue weighted by atomic mass is 10.1. The largest absolute Gasteiger partial charge is 0.483 e. The summed E-state index contributed by atoms with van der Waals surface area (Å²) in [6, 6.07) is 19.5. The molecule has 35 heavy (non-hydrogen) atoms. The lowest BCUT2D eigenvalue weighted by Gasteiger charge is -2.16. The standard InChI is InChI=1S/C26H23FN4O4/c1-30(2)21-12-11-17(13-22-25(33)29-31(26(22)34)20-9-4-3-5-10-20)23(15-21)35-16-24(32)28-19-8-6-7-18(27)14-19/h3-15H,16H2,1-2H3,(H,28,32)(H,29,33). The molecule has 0 bridgehead atoms. The van der Waals surface area contributed by atoms with E-state index in [9.17, 15) is 18.8 Å². The van der Waals surface area contributed by atoms with Gasteiger partial charge in [0.2, 0.25) is 0 Å². The number of hydrogen-bond donors (Lipinski definition) is 2. The van der Waals surface area contributed by atoms with Gasteiger partial charge in [0.25, 0.3) is 17.7 Å². The average Bonchev–Trinajstić information content (AvgIpc) is 3.12. The smallest absolute Gasteiger partial charge is 0.282 e. The third-order valence-corrected chi connectivity index (χ3v) is 5.19. The summed E-state index contributed by atoms with van der Waals surface area (Å²) >= 11 is 0. The van der Waals surface area contributed by atoms with Gasteiger partial charge in [-0.15, -0.1) is 0 Å². The van der Waals surface area contributed by atoms with Gasteiger partial charge in [0.15, 0.2) is 6.61 Å². The summed E-state index contributed by atoms with van der Waals surface area (Å²) in [5.74, 6) is -1.72. The Hall–Kier alpha value is -4.66. The van der Waals surface area contributed by atoms with E-state index in [4.69, 9.17) is 4.74 Å². The first-order valence-corrected chi connectivity index (χ1v) is 10.7. The number of halogens is 1. The molecule has 1 fully saturated rings. The SMILES string of the molecule is CN(C)c1ccc(C=C2C(=O)NN(c3ccccc3)C2=O)c(OCC(=O)Nc2cccc(F)c2)c1. The van der Waals surface area contributed by atoms with Crippen LogP contribution >= 0.6 is 0 Å². The highest BCUT2D eigenvalue weighted by Crippen LogP contribution is 2.29. The summed E-state index contributed by atoms with van der Waals surface area (Å²) in [6.07, 6.45) is 1.43. The van der Waals surface area contributed by atoms with E-state index in [0.717, 1.165) is 5.69 Å². The Labute approximate surface area is 201 Å². The third-order valence-electron chi connectivity index (χ3n) is 5.19. The van der Waals surface area contributed by atoms with Crippen molar-refractivity contribution in [2.75, 3.05) is 35.9 Å². The van der Waals surface area contributed by atoms with Crippen LogP contribution in [0.1, 0.15) is 5.56 Å². The number of carbonyl (C=O) groups is 3. The summed E-state index contributed by atoms with van der Waals surface area (Å²) in [5, 5.41) is 3.74. The molecule has 0 spiro atoms. The number of carbonyl (C=O) groups excluding carboxylic acids is 3. The van der Waals surface area contributed by atoms with Gasteiger partial charge in [-0.1, -0.05) is 24.3 Å². The quantitative estimate of drug-likeness (QED) is 0.405. The number of benzene rings is 3. The molecule has 3 aromatic carbocycles. The number of nitrogens with zero attached hydrogens (tertiary/aromatic N) is 2. The molecule has 3 aromatic rings. The fourth-order valence-electron chi connectivity index (χ4n) is 3.42. The topological polar surface area (TPSA) is 91.0 Å². The number of para-hydroxylation sites is 1. The number of amides is 3. The van der Waals surface area contributed by atoms with E-state index >= 15 is 0 Å². The van der Waals surface area contributed by atoms with Crippen molar-refractivity contribution in [1.29, 1.82) is 0 Å². The Kier molecular flexibility index (Phi) is 6.77. The van der Waals surface area contributed by atoms with E-state index in [1.165, 1.54) is 29.3 Å². The first kappa shape index (κ1) is 23.5. The van der Waals surface area contributed by atoms with Crippen LogP contribution in [0.4, 0.5) is 21.5 Å². The van der Waals surface area contributed by atoms with Crippen LogP contribution in [0, 0.1) is 5.82 Å². The van der Waals surface area contributed by atoms with Gasteiger partial charge in [-0.05, 0) is 48.5 Å². The highest BCUT2D eigenvalue weighted by Gasteiger charge is 2.34. The minimum absolute atomic E-state index is 0.0690. The van der Waals surface area contributed by atoms with Gasteiger partial charge >= 0.3 is 0 Å². The van der Waals surface area contributed by atoms with Crippen molar-refractivity contribution in [1.82, 2.24) is 5.43 Å². The minimum Gasteiger partial charge on any atom is -0.483 e. The fourth-order valence-corrected chi connectivity index (χ4v) is 3.42. The van der Waals surface area contributed by atoms with Crippen molar-refractivity contribution in [3.05, 3.63) is 89.8 Å². The molecule has 0 radical (unpaired) electrons. The number of nitrogens with one attached hydrogen (secondary N) is 2. The number of hydrogen-bond acceptors (Lipinski definition) is 5. The Morgan fingerprint density at radius 3 is 2.54 bits per heavy atom. The van der Waals surface area contributed by atoms with Crippen LogP contribution < -0.4 is 25.4 Å². The second-order valence-corrected chi connectivity index (χ2v) is 7.94. The van der Waals surface area contributed by atoms with Crippen molar-refractivity contribution < 1.29 is 23.5 Å². The van der Waals surface area contributed by atoms with Gasteiger partial charge in [0.1, 0.15) is 17.1 Å². The molecule has 1 aliphatic heterocycles. The van der Waals surface area contributed by atoms with Crippen molar-refractivity contribution in [2.45, 2.75) is 0 Å². The molecule has 0 atom stereocenters. The Morgan fingerprint density at radius 1 is 1.06 bits per heavy atom. The minimum atomic E-state index is -0.551. The van der Waals surface area contributed by atoms with E-state index in [1.807, 2.05) is 25.1 Å². The lowest BCUT2D eigenvalue weighted by molar-refractivity contribution is -0.118. The van der Waals surface area contributed by atoms with Crippen LogP contribution in [-0.4, -0.2) is 38.4 Å². The molecule has 1 saturated heterocycles. The molecule has 1 heterocycles. The molecule has 8 nitrogen and oxygen atoms in total. The van der Waals surface area contributed by atoms with E-state index in [-0.39, 0.29) is 12.2 Å². The Bertz CT molecular complexity index is 1310. The average molecular weight is 474 g/mol. The summed E-state index contributed by atoms with van der Waals surface area (Å²) in [7, 11) is 3.69. The monoisotopic (exact) mass is 474 g/mol. The highest BCUT2D eigenvalue weighted by atomic mass is 19.1. The zero-order chi connectivity index (χ0) is 24.9. The molecular weight excluding hydrogens is 451 g/mol. The van der Waals surface area contributed by atoms with Crippen LogP contribution in [-0.2, 0) is 14.4 Å². The van der Waals surface area contributed by atoms with Crippen molar-refractivity contribution in [2.24, 2.45) is 0 Å². The van der Waals surface area contributed by atoms with Crippen LogP contribution in [0.3, 0.4) is 0 Å². The predicted octanol–water partition coefficient (Wildman–Crippen LogP) is 3.37. The molecule has 1 aliphatic rings. The molecule has 4 rings (SSSR count). The second-order valence-electron chi connectivity index (χ2n) is 7.94. The van der Waals surface area contributed by atoms with Crippen LogP contribution in [0.25, 0.3) is 6.08 Å². The predicted molar refractivity (Wildman–Crippen MR) is 131 cm³/mol. The number of anilines is 3. The van der Waals surface area contributed by atoms with Crippen molar-refractivity contribution in [3.63, 3.8) is 0 Å². The fraction of sp³-hybridized carbons (Fsp3) is 0.115. The first-order valence-electron chi connectivity index (χ1n) is 10.7. The van der Waals surface area contributed by atoms with Gasteiger partial charge in [0.05, 0.1) is 5.69 Å². The van der Waals surface area contributed by atoms with Crippen molar-refractivity contribution >= 4 is 40.9 Å². The third kappa shape index (κ3) is 5.47. The van der Waals surface area contributed by atoms with Gasteiger partial charge in [-0.2, -0.15) is 0 Å². The van der Waals surface area contributed by atoms with Gasteiger partial charge < -0.3 is 15.0 Å². The normalized spacial score (nSPS) is 14.1. The Morgan fingerprint density at radius 2 is 1.83 bits per heavy atom. The van der Waals surface area contributed by atoms with Gasteiger partial charge in [-0.3, -0.25) is 19.8 Å². The summed E-state index contributed by atoms with van der Waals surface area (Å²) in [4.78, 5) is 39.7. The van der Waals surface area contributed by atoms with Crippen molar-refractivity contribution in [3.8, 4) is 5.75 Å². The molecule has 2 N–H and O–H groups in total. The number of hydrazine groups is 1.